The molecule has 1 rings (SSSR count). The largest absolute Gasteiger partial charge is 3.00 e. The quantitative estimate of drug-likeness (QED) is 0.402. The zero-order valence-corrected chi connectivity index (χ0v) is 23.2. The van der Waals surface area contributed by atoms with Crippen molar-refractivity contribution in [2.75, 3.05) is 0 Å². The Morgan fingerprint density at radius 3 is 1.82 bits per heavy atom. The van der Waals surface area contributed by atoms with Gasteiger partial charge in [-0.2, -0.15) is 5.37 Å². The van der Waals surface area contributed by atoms with Crippen LogP contribution in [0, 0.1) is 20.9 Å². The Hall–Kier alpha value is 3.73. The van der Waals surface area contributed by atoms with Crippen molar-refractivity contribution in [2.45, 2.75) is 19.8 Å². The van der Waals surface area contributed by atoms with Crippen LogP contribution in [-0.4, -0.2) is 5.37 Å². The maximum Gasteiger partial charge on any atom is 3.00 e. The van der Waals surface area contributed by atoms with E-state index in [0.29, 0.717) is 5.92 Å². The predicted molar refractivity (Wildman–Crippen MR) is 63.9 cm³/mol. The molecule has 0 heterocycles. The van der Waals surface area contributed by atoms with Crippen LogP contribution in [0.5, 0.6) is 0 Å². The van der Waals surface area contributed by atoms with Gasteiger partial charge < -0.3 is 14.9 Å². The van der Waals surface area contributed by atoms with Crippen molar-refractivity contribution in [3.05, 3.63) is 50.2 Å². The molecular weight excluding hydrogens is 532 g/mol. The van der Waals surface area contributed by atoms with Crippen LogP contribution in [0.25, 0.3) is 0 Å². The monoisotopic (exact) mass is 548 g/mol. The summed E-state index contributed by atoms with van der Waals surface area (Å²) in [6, 6.07) is 9.04. The summed E-state index contributed by atoms with van der Waals surface area (Å²) in [4.78, 5) is 0. The Balaban J connectivity index is -0.0000000504. The fraction of sp³-hybridized carbons (Fsp3) is 0.250. The average molecular weight is 548 g/mol. The summed E-state index contributed by atoms with van der Waals surface area (Å²) in [5, 5.41) is 2.62. The molecule has 0 saturated carbocycles. The molecule has 0 saturated heterocycles. The first-order valence-corrected chi connectivity index (χ1v) is 4.04. The molecule has 0 aromatic heterocycles. The van der Waals surface area contributed by atoms with Gasteiger partial charge in [0, 0.05) is 98.1 Å². The molecule has 0 nitrogen and oxygen atoms in total. The van der Waals surface area contributed by atoms with Gasteiger partial charge in [0.25, 0.3) is 0 Å². The first kappa shape index (κ1) is 37.2. The first-order valence-electron chi connectivity index (χ1n) is 3.64. The van der Waals surface area contributed by atoms with Crippen LogP contribution in [0.15, 0.2) is 18.2 Å². The minimum atomic E-state index is 0. The fourth-order valence-electron chi connectivity index (χ4n) is 0.859. The molecular formula is C12H16SY4-. The van der Waals surface area contributed by atoms with Crippen molar-refractivity contribution in [1.29, 1.82) is 0 Å². The van der Waals surface area contributed by atoms with E-state index in [1.54, 1.807) is 0 Å². The molecule has 1 aromatic carbocycles. The predicted octanol–water partition coefficient (Wildman–Crippen LogP) is 3.73. The molecule has 0 bridgehead atoms. The summed E-state index contributed by atoms with van der Waals surface area (Å²) in [5.41, 5.74) is 2.16. The summed E-state index contributed by atoms with van der Waals surface area (Å²) >= 11 is 4.65. The van der Waals surface area contributed by atoms with E-state index < -0.39 is 0 Å². The summed E-state index contributed by atoms with van der Waals surface area (Å²) in [6.45, 7) is 4.31. The van der Waals surface area contributed by atoms with Crippen LogP contribution in [0.1, 0.15) is 30.9 Å². The van der Waals surface area contributed by atoms with Gasteiger partial charge in [0.2, 0.25) is 0 Å². The van der Waals surface area contributed by atoms with Crippen molar-refractivity contribution in [3.8, 4) is 0 Å². The van der Waals surface area contributed by atoms with Gasteiger partial charge in [-0.15, -0.1) is 0 Å². The van der Waals surface area contributed by atoms with Gasteiger partial charge in [-0.1, -0.05) is 19.8 Å². The van der Waals surface area contributed by atoms with Gasteiger partial charge in [0.05, 0.1) is 0 Å². The van der Waals surface area contributed by atoms with E-state index in [1.165, 1.54) is 5.56 Å². The molecule has 0 aliphatic rings. The number of hydrogen-bond acceptors (Lipinski definition) is 1. The number of benzene rings is 1. The molecule has 0 fully saturated rings. The third-order valence-electron chi connectivity index (χ3n) is 1.61. The molecule has 0 amide bonds. The second kappa shape index (κ2) is 22.0. The summed E-state index contributed by atoms with van der Waals surface area (Å²) in [5.74, 6) is 0.561. The van der Waals surface area contributed by atoms with Gasteiger partial charge in [0.15, 0.2) is 0 Å². The van der Waals surface area contributed by atoms with Crippen molar-refractivity contribution in [2.24, 2.45) is 0 Å². The van der Waals surface area contributed by atoms with E-state index in [1.807, 2.05) is 12.1 Å². The molecule has 0 unspecified atom stereocenters. The Morgan fingerprint density at radius 2 is 1.59 bits per heavy atom. The van der Waals surface area contributed by atoms with Gasteiger partial charge >= 0.3 is 32.7 Å². The van der Waals surface area contributed by atoms with Gasteiger partial charge in [-0.25, -0.2) is 36.0 Å². The number of rotatable bonds is 2. The van der Waals surface area contributed by atoms with Crippen molar-refractivity contribution in [3.63, 3.8) is 0 Å². The second-order valence-electron chi connectivity index (χ2n) is 2.79. The van der Waals surface area contributed by atoms with Gasteiger partial charge in [0.1, 0.15) is 0 Å². The minimum absolute atomic E-state index is 0. The van der Waals surface area contributed by atoms with Crippen molar-refractivity contribution in [1.82, 2.24) is 0 Å². The van der Waals surface area contributed by atoms with Gasteiger partial charge in [-0.3, -0.25) is 11.6 Å². The van der Waals surface area contributed by atoms with E-state index in [4.69, 9.17) is 0 Å². The molecule has 0 aliphatic heterocycles. The zero-order valence-electron chi connectivity index (χ0n) is 11.0. The molecule has 83 valence electrons. The molecule has 3 radical (unpaired) electrons. The Bertz CT molecular complexity index is 247. The summed E-state index contributed by atoms with van der Waals surface area (Å²) in [7, 11) is 0. The van der Waals surface area contributed by atoms with Gasteiger partial charge in [-0.05, 0) is 0 Å². The second-order valence-corrected chi connectivity index (χ2v) is 3.00. The van der Waals surface area contributed by atoms with E-state index in [-0.39, 0.29) is 146 Å². The van der Waals surface area contributed by atoms with E-state index >= 15 is 0 Å². The van der Waals surface area contributed by atoms with Crippen LogP contribution in [0.4, 0.5) is 0 Å². The Morgan fingerprint density at radius 1 is 1.12 bits per heavy atom. The summed E-state index contributed by atoms with van der Waals surface area (Å²) in [6.07, 6.45) is 0. The van der Waals surface area contributed by atoms with Crippen LogP contribution in [0.3, 0.4) is 0 Å². The molecule has 0 aliphatic carbocycles. The van der Waals surface area contributed by atoms with Crippen LogP contribution in [-0.2, 0) is 131 Å². The third-order valence-corrected chi connectivity index (χ3v) is 1.83. The van der Waals surface area contributed by atoms with E-state index in [0.717, 1.165) is 5.56 Å². The van der Waals surface area contributed by atoms with Crippen LogP contribution >= 0.6 is 12.2 Å². The SMILES string of the molecule is CC(C)c1c[c-]c([C-]=S)cc1.[CH3-].[CH3-].[Y+3].[Y].[Y].[Y]. The van der Waals surface area contributed by atoms with Crippen LogP contribution in [0.2, 0.25) is 0 Å². The maximum absolute atomic E-state index is 4.65. The van der Waals surface area contributed by atoms with E-state index in [2.05, 4.69) is 43.6 Å². The van der Waals surface area contributed by atoms with Crippen molar-refractivity contribution < 1.29 is 131 Å². The van der Waals surface area contributed by atoms with Crippen molar-refractivity contribution >= 4 is 17.6 Å². The third kappa shape index (κ3) is 15.9. The topological polar surface area (TPSA) is 0 Å². The Kier molecular flexibility index (Phi) is 48.2. The fourth-order valence-corrected chi connectivity index (χ4v) is 0.986. The van der Waals surface area contributed by atoms with Crippen LogP contribution < -0.4 is 0 Å². The minimum Gasteiger partial charge on any atom is -0.358 e. The van der Waals surface area contributed by atoms with E-state index in [9.17, 15) is 0 Å². The molecule has 0 N–H and O–H groups in total. The number of hydrogen-bond donors (Lipinski definition) is 0. The molecule has 1 aromatic rings. The summed E-state index contributed by atoms with van der Waals surface area (Å²) < 4.78 is 0. The molecule has 0 atom stereocenters. The average Bonchev–Trinajstić information content (AvgIpc) is 2.05. The number of thiocarbonyl (C=S) groups is 1. The molecule has 5 heteroatoms. The first-order chi connectivity index (χ1) is 5.24. The maximum atomic E-state index is 4.65. The standard InChI is InChI=1S/C10H10S.2CH3.4Y/c1-8(2)10-5-3-9(7-11)4-6-10;;;;;;/h3,5-6,8H,1-2H3;2*1H3;;;;/q-2;2*-1;;;;+3. The Labute approximate surface area is 214 Å². The smallest absolute Gasteiger partial charge is 0.358 e. The molecule has 17 heavy (non-hydrogen) atoms. The normalized spacial score (nSPS) is 6.53. The molecule has 0 spiro atoms. The zero-order chi connectivity index (χ0) is 8.27.